The Labute approximate surface area is 102 Å². The highest BCUT2D eigenvalue weighted by Crippen LogP contribution is 2.25. The third-order valence-electron chi connectivity index (χ3n) is 3.02. The van der Waals surface area contributed by atoms with Gasteiger partial charge in [0.05, 0.1) is 13.0 Å². The molecule has 5 heteroatoms. The van der Waals surface area contributed by atoms with Crippen molar-refractivity contribution in [3.8, 4) is 0 Å². The topological polar surface area (TPSA) is 67.4 Å². The van der Waals surface area contributed by atoms with Crippen LogP contribution in [0.5, 0.6) is 0 Å². The monoisotopic (exact) mass is 242 g/mol. The SMILES string of the molecule is COC(=O)C1CCC(NC(=O)NC(C)C)CC1. The van der Waals surface area contributed by atoms with Crippen LogP contribution in [0.1, 0.15) is 39.5 Å². The fourth-order valence-corrected chi connectivity index (χ4v) is 2.13. The van der Waals surface area contributed by atoms with E-state index < -0.39 is 0 Å². The second kappa shape index (κ2) is 6.47. The van der Waals surface area contributed by atoms with Gasteiger partial charge in [0, 0.05) is 12.1 Å². The maximum Gasteiger partial charge on any atom is 0.315 e. The molecule has 0 aromatic carbocycles. The zero-order valence-electron chi connectivity index (χ0n) is 10.8. The van der Waals surface area contributed by atoms with E-state index >= 15 is 0 Å². The van der Waals surface area contributed by atoms with Gasteiger partial charge in [0.15, 0.2) is 0 Å². The number of carbonyl (C=O) groups is 2. The van der Waals surface area contributed by atoms with Gasteiger partial charge in [0.1, 0.15) is 0 Å². The Morgan fingerprint density at radius 2 is 1.76 bits per heavy atom. The maximum absolute atomic E-state index is 11.5. The van der Waals surface area contributed by atoms with Crippen LogP contribution in [0, 0.1) is 5.92 Å². The van der Waals surface area contributed by atoms with Crippen molar-refractivity contribution in [3.63, 3.8) is 0 Å². The van der Waals surface area contributed by atoms with Crippen molar-refractivity contribution in [2.45, 2.75) is 51.6 Å². The highest BCUT2D eigenvalue weighted by Gasteiger charge is 2.27. The van der Waals surface area contributed by atoms with E-state index in [4.69, 9.17) is 4.74 Å². The quantitative estimate of drug-likeness (QED) is 0.736. The van der Waals surface area contributed by atoms with E-state index in [0.717, 1.165) is 25.7 Å². The summed E-state index contributed by atoms with van der Waals surface area (Å²) in [6.45, 7) is 3.85. The molecule has 98 valence electrons. The number of hydrogen-bond acceptors (Lipinski definition) is 3. The van der Waals surface area contributed by atoms with E-state index in [1.165, 1.54) is 7.11 Å². The van der Waals surface area contributed by atoms with Crippen LogP contribution in [0.3, 0.4) is 0 Å². The molecule has 17 heavy (non-hydrogen) atoms. The molecule has 1 saturated carbocycles. The zero-order chi connectivity index (χ0) is 12.8. The van der Waals surface area contributed by atoms with Gasteiger partial charge in [-0.05, 0) is 39.5 Å². The second-order valence-electron chi connectivity index (χ2n) is 4.84. The summed E-state index contributed by atoms with van der Waals surface area (Å²) in [7, 11) is 1.42. The lowest BCUT2D eigenvalue weighted by atomic mass is 9.86. The number of carbonyl (C=O) groups excluding carboxylic acids is 2. The summed E-state index contributed by atoms with van der Waals surface area (Å²) in [6, 6.07) is 0.192. The number of methoxy groups -OCH3 is 1. The van der Waals surface area contributed by atoms with Gasteiger partial charge in [-0.2, -0.15) is 0 Å². The summed E-state index contributed by atoms with van der Waals surface area (Å²) in [6.07, 6.45) is 3.26. The first kappa shape index (κ1) is 13.8. The van der Waals surface area contributed by atoms with E-state index in [-0.39, 0.29) is 30.0 Å². The maximum atomic E-state index is 11.5. The number of amides is 2. The molecule has 0 aromatic heterocycles. The summed E-state index contributed by atoms with van der Waals surface area (Å²) in [4.78, 5) is 22.8. The van der Waals surface area contributed by atoms with Crippen LogP contribution in [0.4, 0.5) is 4.79 Å². The molecule has 0 bridgehead atoms. The fourth-order valence-electron chi connectivity index (χ4n) is 2.13. The van der Waals surface area contributed by atoms with Gasteiger partial charge in [-0.3, -0.25) is 4.79 Å². The molecule has 0 aliphatic heterocycles. The Morgan fingerprint density at radius 3 is 2.24 bits per heavy atom. The van der Waals surface area contributed by atoms with Gasteiger partial charge in [0.2, 0.25) is 0 Å². The van der Waals surface area contributed by atoms with Gasteiger partial charge < -0.3 is 15.4 Å². The van der Waals surface area contributed by atoms with Crippen LogP contribution in [0.25, 0.3) is 0 Å². The van der Waals surface area contributed by atoms with Crippen molar-refractivity contribution in [3.05, 3.63) is 0 Å². The van der Waals surface area contributed by atoms with Crippen molar-refractivity contribution in [2.75, 3.05) is 7.11 Å². The molecule has 0 aromatic rings. The van der Waals surface area contributed by atoms with Crippen molar-refractivity contribution >= 4 is 12.0 Å². The summed E-state index contributed by atoms with van der Waals surface area (Å²) in [5.74, 6) is -0.124. The van der Waals surface area contributed by atoms with Crippen molar-refractivity contribution < 1.29 is 14.3 Å². The van der Waals surface area contributed by atoms with Crippen LogP contribution < -0.4 is 10.6 Å². The van der Waals surface area contributed by atoms with Gasteiger partial charge in [-0.25, -0.2) is 4.79 Å². The first-order valence-electron chi connectivity index (χ1n) is 6.17. The van der Waals surface area contributed by atoms with Crippen LogP contribution in [-0.2, 0) is 9.53 Å². The normalized spacial score (nSPS) is 24.2. The third kappa shape index (κ3) is 4.63. The molecule has 0 atom stereocenters. The molecule has 1 fully saturated rings. The average molecular weight is 242 g/mol. The highest BCUT2D eigenvalue weighted by atomic mass is 16.5. The van der Waals surface area contributed by atoms with Crippen LogP contribution in [0.2, 0.25) is 0 Å². The predicted molar refractivity (Wildman–Crippen MR) is 64.6 cm³/mol. The van der Waals surface area contributed by atoms with E-state index in [1.54, 1.807) is 0 Å². The summed E-state index contributed by atoms with van der Waals surface area (Å²) >= 11 is 0. The summed E-state index contributed by atoms with van der Waals surface area (Å²) < 4.78 is 4.72. The Bertz CT molecular complexity index is 271. The Hall–Kier alpha value is -1.26. The van der Waals surface area contributed by atoms with Crippen LogP contribution >= 0.6 is 0 Å². The van der Waals surface area contributed by atoms with Crippen LogP contribution in [-0.4, -0.2) is 31.2 Å². The molecule has 2 amide bonds. The fraction of sp³-hybridized carbons (Fsp3) is 0.833. The molecular formula is C12H22N2O3. The molecule has 0 radical (unpaired) electrons. The van der Waals surface area contributed by atoms with Crippen molar-refractivity contribution in [1.29, 1.82) is 0 Å². The third-order valence-corrected chi connectivity index (χ3v) is 3.02. The zero-order valence-corrected chi connectivity index (χ0v) is 10.8. The van der Waals surface area contributed by atoms with Crippen LogP contribution in [0.15, 0.2) is 0 Å². The first-order chi connectivity index (χ1) is 8.02. The number of ether oxygens (including phenoxy) is 1. The lowest BCUT2D eigenvalue weighted by molar-refractivity contribution is -0.146. The second-order valence-corrected chi connectivity index (χ2v) is 4.84. The number of rotatable bonds is 3. The minimum absolute atomic E-state index is 0.00575. The summed E-state index contributed by atoms with van der Waals surface area (Å²) in [5, 5.41) is 5.72. The first-order valence-corrected chi connectivity index (χ1v) is 6.17. The van der Waals surface area contributed by atoms with E-state index in [1.807, 2.05) is 13.8 Å². The molecule has 1 rings (SSSR count). The summed E-state index contributed by atoms with van der Waals surface area (Å²) in [5.41, 5.74) is 0. The molecule has 1 aliphatic rings. The number of esters is 1. The van der Waals surface area contributed by atoms with Gasteiger partial charge in [-0.1, -0.05) is 0 Å². The number of nitrogens with one attached hydrogen (secondary N) is 2. The Balaban J connectivity index is 2.27. The smallest absolute Gasteiger partial charge is 0.315 e. The van der Waals surface area contributed by atoms with Gasteiger partial charge in [-0.15, -0.1) is 0 Å². The molecule has 1 aliphatic carbocycles. The minimum atomic E-state index is -0.130. The lowest BCUT2D eigenvalue weighted by Crippen LogP contribution is -2.46. The van der Waals surface area contributed by atoms with E-state index in [9.17, 15) is 9.59 Å². The molecule has 0 heterocycles. The molecule has 0 unspecified atom stereocenters. The number of urea groups is 1. The van der Waals surface area contributed by atoms with Gasteiger partial charge >= 0.3 is 12.0 Å². The highest BCUT2D eigenvalue weighted by molar-refractivity contribution is 5.75. The number of hydrogen-bond donors (Lipinski definition) is 2. The molecular weight excluding hydrogens is 220 g/mol. The molecule has 0 saturated heterocycles. The molecule has 2 N–H and O–H groups in total. The molecule has 5 nitrogen and oxygen atoms in total. The van der Waals surface area contributed by atoms with Crippen molar-refractivity contribution in [1.82, 2.24) is 10.6 Å². The Morgan fingerprint density at radius 1 is 1.18 bits per heavy atom. The van der Waals surface area contributed by atoms with E-state index in [2.05, 4.69) is 10.6 Å². The minimum Gasteiger partial charge on any atom is -0.469 e. The average Bonchev–Trinajstić information content (AvgIpc) is 2.28. The standard InChI is InChI=1S/C12H22N2O3/c1-8(2)13-12(16)14-10-6-4-9(5-7-10)11(15)17-3/h8-10H,4-7H2,1-3H3,(H2,13,14,16). The van der Waals surface area contributed by atoms with Gasteiger partial charge in [0.25, 0.3) is 0 Å². The lowest BCUT2D eigenvalue weighted by Gasteiger charge is -2.27. The Kier molecular flexibility index (Phi) is 5.25. The van der Waals surface area contributed by atoms with E-state index in [0.29, 0.717) is 0 Å². The van der Waals surface area contributed by atoms with Crippen molar-refractivity contribution in [2.24, 2.45) is 5.92 Å². The molecule has 0 spiro atoms. The largest absolute Gasteiger partial charge is 0.469 e. The predicted octanol–water partition coefficient (Wildman–Crippen LogP) is 1.43.